The second-order valence-electron chi connectivity index (χ2n) is 10.6. The SMILES string of the molecule is COc1cccc2cc(C(=O)N(Cc3ccc(C)cc3)[C@@H]3C=C(C(=O)NCCO)[C@@H]4c5ccccc5O[C@@H]4[C@H]3O)oc12. The van der Waals surface area contributed by atoms with Gasteiger partial charge in [-0.2, -0.15) is 0 Å². The van der Waals surface area contributed by atoms with E-state index in [1.807, 2.05) is 61.5 Å². The number of rotatable bonds is 8. The molecule has 1 aliphatic carbocycles. The number of hydrogen-bond donors (Lipinski definition) is 3. The molecule has 9 heteroatoms. The van der Waals surface area contributed by atoms with Crippen molar-refractivity contribution in [3.63, 3.8) is 0 Å². The Morgan fingerprint density at radius 1 is 1.05 bits per heavy atom. The summed E-state index contributed by atoms with van der Waals surface area (Å²) in [6.07, 6.45) is -0.319. The number of aryl methyl sites for hydroxylation is 1. The normalized spacial score (nSPS) is 20.7. The quantitative estimate of drug-likeness (QED) is 0.296. The van der Waals surface area contributed by atoms with E-state index in [2.05, 4.69) is 5.32 Å². The molecule has 0 saturated heterocycles. The van der Waals surface area contributed by atoms with Gasteiger partial charge in [-0.15, -0.1) is 0 Å². The van der Waals surface area contributed by atoms with Crippen LogP contribution in [0.1, 0.15) is 33.2 Å². The maximum absolute atomic E-state index is 14.3. The fraction of sp³-hybridized carbons (Fsp3) is 0.273. The Morgan fingerprint density at radius 2 is 1.83 bits per heavy atom. The maximum atomic E-state index is 14.3. The number of nitrogens with one attached hydrogen (secondary N) is 1. The second-order valence-corrected chi connectivity index (χ2v) is 10.6. The molecule has 4 atom stereocenters. The number of amides is 2. The van der Waals surface area contributed by atoms with Crippen LogP contribution in [0.25, 0.3) is 11.0 Å². The van der Waals surface area contributed by atoms with Crippen molar-refractivity contribution in [1.29, 1.82) is 0 Å². The molecule has 4 aromatic rings. The lowest BCUT2D eigenvalue weighted by Crippen LogP contribution is -2.55. The summed E-state index contributed by atoms with van der Waals surface area (Å²) in [5.74, 6) is -0.249. The molecule has 0 spiro atoms. The number of benzene rings is 3. The number of fused-ring (bicyclic) bond motifs is 4. The van der Waals surface area contributed by atoms with E-state index in [1.165, 1.54) is 12.0 Å². The van der Waals surface area contributed by atoms with Gasteiger partial charge in [0.15, 0.2) is 17.1 Å². The van der Waals surface area contributed by atoms with Crippen molar-refractivity contribution in [1.82, 2.24) is 10.2 Å². The average Bonchev–Trinajstić information content (AvgIpc) is 3.62. The molecule has 2 heterocycles. The number of hydrogen-bond acceptors (Lipinski definition) is 7. The van der Waals surface area contributed by atoms with Crippen LogP contribution in [-0.2, 0) is 11.3 Å². The smallest absolute Gasteiger partial charge is 0.290 e. The number of para-hydroxylation sites is 2. The minimum atomic E-state index is -1.16. The molecule has 0 unspecified atom stereocenters. The highest BCUT2D eigenvalue weighted by Gasteiger charge is 2.50. The van der Waals surface area contributed by atoms with Gasteiger partial charge in [-0.25, -0.2) is 0 Å². The van der Waals surface area contributed by atoms with Crippen LogP contribution in [0.3, 0.4) is 0 Å². The van der Waals surface area contributed by atoms with Gasteiger partial charge in [0.1, 0.15) is 18.0 Å². The molecule has 0 saturated carbocycles. The van der Waals surface area contributed by atoms with E-state index < -0.39 is 36.0 Å². The highest BCUT2D eigenvalue weighted by Crippen LogP contribution is 2.47. The first kappa shape index (κ1) is 27.6. The van der Waals surface area contributed by atoms with Gasteiger partial charge >= 0.3 is 0 Å². The van der Waals surface area contributed by atoms with E-state index in [0.29, 0.717) is 28.0 Å². The van der Waals surface area contributed by atoms with Gasteiger partial charge in [-0.05, 0) is 36.8 Å². The first-order chi connectivity index (χ1) is 20.4. The zero-order valence-corrected chi connectivity index (χ0v) is 23.3. The largest absolute Gasteiger partial charge is 0.493 e. The van der Waals surface area contributed by atoms with Crippen LogP contribution in [-0.4, -0.2) is 65.4 Å². The summed E-state index contributed by atoms with van der Waals surface area (Å²) < 4.78 is 17.7. The fourth-order valence-corrected chi connectivity index (χ4v) is 5.84. The molecule has 42 heavy (non-hydrogen) atoms. The lowest BCUT2D eigenvalue weighted by Gasteiger charge is -2.40. The highest BCUT2D eigenvalue weighted by molar-refractivity contribution is 5.99. The summed E-state index contributed by atoms with van der Waals surface area (Å²) in [4.78, 5) is 29.2. The molecular weight excluding hydrogens is 536 g/mol. The van der Waals surface area contributed by atoms with E-state index >= 15 is 0 Å². The zero-order valence-electron chi connectivity index (χ0n) is 23.3. The minimum Gasteiger partial charge on any atom is -0.493 e. The molecule has 1 aromatic heterocycles. The molecule has 3 aromatic carbocycles. The van der Waals surface area contributed by atoms with Crippen LogP contribution in [0.2, 0.25) is 0 Å². The van der Waals surface area contributed by atoms with Crippen molar-refractivity contribution in [2.45, 2.75) is 37.6 Å². The standard InChI is InChI=1S/C33H32N2O7/c1-19-10-12-20(13-11-19)18-35(33(39)27-16-21-6-5-9-26(40-2)30(21)42-27)24-17-23(32(38)34-14-15-36)28-22-7-3-4-8-25(22)41-31(28)29(24)37/h3-13,16-17,24,28-29,31,36-37H,14-15,18H2,1-2H3,(H,34,38)/t24-,28+,29+,31+/m1/s1. The second kappa shape index (κ2) is 11.3. The van der Waals surface area contributed by atoms with E-state index in [-0.39, 0.29) is 25.5 Å². The molecule has 0 bridgehead atoms. The third-order valence-corrected chi connectivity index (χ3v) is 7.91. The Kier molecular flexibility index (Phi) is 7.45. The number of furan rings is 1. The van der Waals surface area contributed by atoms with Crippen molar-refractivity contribution in [2.75, 3.05) is 20.3 Å². The highest BCUT2D eigenvalue weighted by atomic mass is 16.5. The van der Waals surface area contributed by atoms with Crippen LogP contribution in [0, 0.1) is 6.92 Å². The van der Waals surface area contributed by atoms with E-state index in [1.54, 1.807) is 24.3 Å². The van der Waals surface area contributed by atoms with Gasteiger partial charge in [0.05, 0.1) is 25.7 Å². The number of carbonyl (C=O) groups is 2. The molecule has 0 radical (unpaired) electrons. The van der Waals surface area contributed by atoms with Crippen LogP contribution in [0.5, 0.6) is 11.5 Å². The summed E-state index contributed by atoms with van der Waals surface area (Å²) in [5.41, 5.74) is 3.50. The molecule has 3 N–H and O–H groups in total. The van der Waals surface area contributed by atoms with Crippen LogP contribution in [0.15, 0.2) is 88.9 Å². The van der Waals surface area contributed by atoms with E-state index in [9.17, 15) is 19.8 Å². The molecule has 0 fully saturated rings. The van der Waals surface area contributed by atoms with Crippen LogP contribution in [0.4, 0.5) is 0 Å². The zero-order chi connectivity index (χ0) is 29.4. The van der Waals surface area contributed by atoms with Crippen molar-refractivity contribution >= 4 is 22.8 Å². The van der Waals surface area contributed by atoms with E-state index in [4.69, 9.17) is 13.9 Å². The molecule has 2 amide bonds. The maximum Gasteiger partial charge on any atom is 0.290 e. The van der Waals surface area contributed by atoms with Crippen molar-refractivity contribution < 1.29 is 33.7 Å². The Balaban J connectivity index is 1.45. The van der Waals surface area contributed by atoms with Gasteiger partial charge < -0.3 is 34.3 Å². The van der Waals surface area contributed by atoms with E-state index in [0.717, 1.165) is 16.7 Å². The summed E-state index contributed by atoms with van der Waals surface area (Å²) >= 11 is 0. The Hall–Kier alpha value is -4.60. The van der Waals surface area contributed by atoms with Gasteiger partial charge in [-0.1, -0.05) is 60.2 Å². The molecular formula is C33H32N2O7. The average molecular weight is 569 g/mol. The topological polar surface area (TPSA) is 121 Å². The molecule has 1 aliphatic heterocycles. The van der Waals surface area contributed by atoms with Gasteiger partial charge in [0.2, 0.25) is 5.91 Å². The Morgan fingerprint density at radius 3 is 2.60 bits per heavy atom. The number of methoxy groups -OCH3 is 1. The summed E-state index contributed by atoms with van der Waals surface area (Å²) in [7, 11) is 1.53. The third-order valence-electron chi connectivity index (χ3n) is 7.91. The van der Waals surface area contributed by atoms with Gasteiger partial charge in [-0.3, -0.25) is 9.59 Å². The third kappa shape index (κ3) is 4.91. The first-order valence-corrected chi connectivity index (χ1v) is 13.9. The van der Waals surface area contributed by atoms with Crippen molar-refractivity contribution in [3.05, 3.63) is 107 Å². The lowest BCUT2D eigenvalue weighted by molar-refractivity contribution is -0.118. The summed E-state index contributed by atoms with van der Waals surface area (Å²) in [6, 6.07) is 21.2. The Bertz CT molecular complexity index is 1660. The van der Waals surface area contributed by atoms with Crippen LogP contribution < -0.4 is 14.8 Å². The minimum absolute atomic E-state index is 0.0656. The predicted molar refractivity (Wildman–Crippen MR) is 155 cm³/mol. The number of nitrogens with zero attached hydrogens (tertiary/aromatic N) is 1. The number of aliphatic hydroxyl groups is 2. The number of aliphatic hydroxyl groups excluding tert-OH is 2. The molecule has 216 valence electrons. The predicted octanol–water partition coefficient (Wildman–Crippen LogP) is 3.72. The van der Waals surface area contributed by atoms with Crippen molar-refractivity contribution in [3.8, 4) is 11.5 Å². The van der Waals surface area contributed by atoms with Gasteiger partial charge in [0, 0.05) is 29.6 Å². The summed E-state index contributed by atoms with van der Waals surface area (Å²) in [5, 5.41) is 24.6. The summed E-state index contributed by atoms with van der Waals surface area (Å²) in [6.45, 7) is 1.96. The molecule has 6 rings (SSSR count). The lowest BCUT2D eigenvalue weighted by atomic mass is 9.77. The Labute approximate surface area is 243 Å². The van der Waals surface area contributed by atoms with Gasteiger partial charge in [0.25, 0.3) is 5.91 Å². The van der Waals surface area contributed by atoms with Crippen LogP contribution >= 0.6 is 0 Å². The monoisotopic (exact) mass is 568 g/mol. The first-order valence-electron chi connectivity index (χ1n) is 13.9. The van der Waals surface area contributed by atoms with Crippen molar-refractivity contribution in [2.24, 2.45) is 0 Å². The fourth-order valence-electron chi connectivity index (χ4n) is 5.84. The molecule has 9 nitrogen and oxygen atoms in total. The molecule has 2 aliphatic rings. The number of carbonyl (C=O) groups excluding carboxylic acids is 2. The number of ether oxygens (including phenoxy) is 2.